The summed E-state index contributed by atoms with van der Waals surface area (Å²) in [5, 5.41) is 6.46. The SMILES string of the molecule is CC[C@@H](C)n1nc(N2CC3(COC3)C2)c2cnc(Cl)cc21. The Hall–Kier alpha value is -1.33. The third-order valence-corrected chi connectivity index (χ3v) is 4.92. The number of halogens is 1. The lowest BCUT2D eigenvalue weighted by Gasteiger charge is -2.55. The molecule has 0 saturated carbocycles. The van der Waals surface area contributed by atoms with E-state index in [1.807, 2.05) is 12.3 Å². The molecule has 1 atom stereocenters. The van der Waals surface area contributed by atoms with Gasteiger partial charge in [-0.05, 0) is 13.3 Å². The van der Waals surface area contributed by atoms with Crippen LogP contribution in [-0.2, 0) is 4.74 Å². The molecular weight excluding hydrogens is 288 g/mol. The van der Waals surface area contributed by atoms with Crippen LogP contribution in [0.5, 0.6) is 0 Å². The van der Waals surface area contributed by atoms with Crippen molar-refractivity contribution in [2.75, 3.05) is 31.2 Å². The Morgan fingerprint density at radius 1 is 1.43 bits per heavy atom. The fourth-order valence-corrected chi connectivity index (χ4v) is 3.37. The number of hydrogen-bond donors (Lipinski definition) is 0. The first-order valence-corrected chi connectivity index (χ1v) is 7.86. The molecule has 0 aromatic carbocycles. The van der Waals surface area contributed by atoms with Crippen molar-refractivity contribution in [2.24, 2.45) is 5.41 Å². The number of ether oxygens (including phenoxy) is 1. The van der Waals surface area contributed by atoms with Crippen molar-refractivity contribution in [3.63, 3.8) is 0 Å². The maximum atomic E-state index is 6.07. The van der Waals surface area contributed by atoms with Crippen LogP contribution < -0.4 is 4.90 Å². The summed E-state index contributed by atoms with van der Waals surface area (Å²) >= 11 is 6.07. The van der Waals surface area contributed by atoms with E-state index >= 15 is 0 Å². The molecule has 2 aliphatic heterocycles. The minimum absolute atomic E-state index is 0.349. The van der Waals surface area contributed by atoms with Gasteiger partial charge < -0.3 is 9.64 Å². The van der Waals surface area contributed by atoms with Crippen LogP contribution in [0.25, 0.3) is 10.9 Å². The third-order valence-electron chi connectivity index (χ3n) is 4.72. The Morgan fingerprint density at radius 2 is 2.19 bits per heavy atom. The smallest absolute Gasteiger partial charge is 0.160 e. The van der Waals surface area contributed by atoms with Crippen molar-refractivity contribution in [1.29, 1.82) is 0 Å². The molecule has 0 radical (unpaired) electrons. The number of aromatic nitrogens is 3. The predicted molar refractivity (Wildman–Crippen MR) is 83.0 cm³/mol. The zero-order valence-corrected chi connectivity index (χ0v) is 13.1. The first-order valence-electron chi connectivity index (χ1n) is 7.48. The lowest BCUT2D eigenvalue weighted by molar-refractivity contribution is -0.127. The Bertz CT molecular complexity index is 686. The molecule has 1 spiro atoms. The molecule has 2 aromatic rings. The molecule has 2 aliphatic rings. The van der Waals surface area contributed by atoms with E-state index in [1.165, 1.54) is 0 Å². The van der Waals surface area contributed by atoms with Crippen molar-refractivity contribution >= 4 is 28.3 Å². The van der Waals surface area contributed by atoms with Gasteiger partial charge in [0, 0.05) is 31.4 Å². The average molecular weight is 307 g/mol. The summed E-state index contributed by atoms with van der Waals surface area (Å²) in [6.45, 7) is 8.19. The fraction of sp³-hybridized carbons (Fsp3) is 0.600. The van der Waals surface area contributed by atoms with Gasteiger partial charge in [0.1, 0.15) is 5.15 Å². The van der Waals surface area contributed by atoms with Gasteiger partial charge in [-0.2, -0.15) is 5.10 Å². The van der Waals surface area contributed by atoms with E-state index in [2.05, 4.69) is 28.4 Å². The molecule has 0 N–H and O–H groups in total. The van der Waals surface area contributed by atoms with Crippen molar-refractivity contribution in [2.45, 2.75) is 26.3 Å². The van der Waals surface area contributed by atoms with Crippen LogP contribution >= 0.6 is 11.6 Å². The second-order valence-corrected chi connectivity index (χ2v) is 6.79. The molecule has 4 rings (SSSR count). The second kappa shape index (κ2) is 4.58. The van der Waals surface area contributed by atoms with Gasteiger partial charge in [0.2, 0.25) is 0 Å². The van der Waals surface area contributed by atoms with Gasteiger partial charge >= 0.3 is 0 Å². The number of nitrogens with zero attached hydrogens (tertiary/aromatic N) is 4. The van der Waals surface area contributed by atoms with Crippen LogP contribution in [0.15, 0.2) is 12.3 Å². The van der Waals surface area contributed by atoms with E-state index in [1.54, 1.807) is 0 Å². The van der Waals surface area contributed by atoms with Crippen LogP contribution in [-0.4, -0.2) is 41.1 Å². The molecular formula is C15H19ClN4O. The summed E-state index contributed by atoms with van der Waals surface area (Å²) in [6, 6.07) is 2.27. The molecule has 0 amide bonds. The first-order chi connectivity index (χ1) is 10.1. The summed E-state index contributed by atoms with van der Waals surface area (Å²) in [6.07, 6.45) is 2.88. The van der Waals surface area contributed by atoms with Crippen molar-refractivity contribution in [1.82, 2.24) is 14.8 Å². The lowest BCUT2D eigenvalue weighted by Crippen LogP contribution is -2.66. The number of pyridine rings is 1. The monoisotopic (exact) mass is 306 g/mol. The van der Waals surface area contributed by atoms with Gasteiger partial charge in [-0.15, -0.1) is 0 Å². The van der Waals surface area contributed by atoms with Crippen molar-refractivity contribution in [3.8, 4) is 0 Å². The van der Waals surface area contributed by atoms with E-state index in [4.69, 9.17) is 21.4 Å². The molecule has 0 aliphatic carbocycles. The highest BCUT2D eigenvalue weighted by Gasteiger charge is 2.50. The lowest BCUT2D eigenvalue weighted by atomic mass is 9.78. The minimum atomic E-state index is 0.349. The summed E-state index contributed by atoms with van der Waals surface area (Å²) in [7, 11) is 0. The predicted octanol–water partition coefficient (Wildman–Crippen LogP) is 2.89. The first kappa shape index (κ1) is 13.3. The molecule has 2 aromatic heterocycles. The van der Waals surface area contributed by atoms with E-state index < -0.39 is 0 Å². The summed E-state index contributed by atoms with van der Waals surface area (Å²) in [5.74, 6) is 1.03. The summed E-state index contributed by atoms with van der Waals surface area (Å²) < 4.78 is 7.43. The standard InChI is InChI=1S/C15H19ClN4O/c1-3-10(2)20-12-4-13(16)17-5-11(12)14(18-20)19-6-15(7-19)8-21-9-15/h4-5,10H,3,6-9H2,1-2H3/t10-/m1/s1. The van der Waals surface area contributed by atoms with E-state index in [-0.39, 0.29) is 0 Å². The third kappa shape index (κ3) is 1.94. The zero-order chi connectivity index (χ0) is 14.6. The molecule has 0 unspecified atom stereocenters. The van der Waals surface area contributed by atoms with Crippen molar-refractivity contribution in [3.05, 3.63) is 17.4 Å². The molecule has 21 heavy (non-hydrogen) atoms. The Morgan fingerprint density at radius 3 is 2.81 bits per heavy atom. The highest BCUT2D eigenvalue weighted by molar-refractivity contribution is 6.30. The molecule has 2 fully saturated rings. The van der Waals surface area contributed by atoms with Gasteiger partial charge in [0.25, 0.3) is 0 Å². The molecule has 0 bridgehead atoms. The maximum Gasteiger partial charge on any atom is 0.160 e. The Labute approximate surface area is 128 Å². The topological polar surface area (TPSA) is 43.2 Å². The van der Waals surface area contributed by atoms with Crippen LogP contribution in [0.1, 0.15) is 26.3 Å². The highest BCUT2D eigenvalue weighted by Crippen LogP contribution is 2.42. The molecule has 2 saturated heterocycles. The second-order valence-electron chi connectivity index (χ2n) is 6.40. The fourth-order valence-electron chi connectivity index (χ4n) is 3.22. The number of anilines is 1. The average Bonchev–Trinajstić information content (AvgIpc) is 2.73. The summed E-state index contributed by atoms with van der Waals surface area (Å²) in [4.78, 5) is 6.57. The van der Waals surface area contributed by atoms with E-state index in [9.17, 15) is 0 Å². The van der Waals surface area contributed by atoms with Crippen LogP contribution in [0, 0.1) is 5.41 Å². The van der Waals surface area contributed by atoms with Gasteiger partial charge in [-0.1, -0.05) is 18.5 Å². The zero-order valence-electron chi connectivity index (χ0n) is 12.3. The minimum Gasteiger partial charge on any atom is -0.380 e. The summed E-state index contributed by atoms with van der Waals surface area (Å²) in [5.41, 5.74) is 1.46. The maximum absolute atomic E-state index is 6.07. The number of fused-ring (bicyclic) bond motifs is 1. The van der Waals surface area contributed by atoms with Gasteiger partial charge in [-0.3, -0.25) is 4.68 Å². The van der Waals surface area contributed by atoms with Gasteiger partial charge in [-0.25, -0.2) is 4.98 Å². The Kier molecular flexibility index (Phi) is 2.91. The van der Waals surface area contributed by atoms with E-state index in [0.29, 0.717) is 16.6 Å². The van der Waals surface area contributed by atoms with Crippen LogP contribution in [0.2, 0.25) is 5.15 Å². The normalized spacial score (nSPS) is 21.4. The number of rotatable bonds is 3. The molecule has 112 valence electrons. The molecule has 4 heterocycles. The molecule has 5 nitrogen and oxygen atoms in total. The molecule has 6 heteroatoms. The van der Waals surface area contributed by atoms with E-state index in [0.717, 1.165) is 49.4 Å². The van der Waals surface area contributed by atoms with Gasteiger partial charge in [0.15, 0.2) is 5.82 Å². The van der Waals surface area contributed by atoms with Crippen LogP contribution in [0.4, 0.5) is 5.82 Å². The number of hydrogen-bond acceptors (Lipinski definition) is 4. The van der Waals surface area contributed by atoms with Gasteiger partial charge in [0.05, 0.1) is 29.5 Å². The largest absolute Gasteiger partial charge is 0.380 e. The van der Waals surface area contributed by atoms with Crippen molar-refractivity contribution < 1.29 is 4.74 Å². The quantitative estimate of drug-likeness (QED) is 0.818. The van der Waals surface area contributed by atoms with Crippen LogP contribution in [0.3, 0.4) is 0 Å². The Balaban J connectivity index is 1.75. The highest BCUT2D eigenvalue weighted by atomic mass is 35.5.